The molecular formula is C24H31N2O2+. The van der Waals surface area contributed by atoms with Crippen molar-refractivity contribution < 1.29 is 14.0 Å². The summed E-state index contributed by atoms with van der Waals surface area (Å²) in [5, 5.41) is 0. The second-order valence-electron chi connectivity index (χ2n) is 8.36. The molecule has 148 valence electrons. The van der Waals surface area contributed by atoms with Crippen molar-refractivity contribution in [2.75, 3.05) is 31.1 Å². The number of carbonyl (C=O) groups excluding carboxylic acids is 1. The van der Waals surface area contributed by atoms with Crippen molar-refractivity contribution in [3.05, 3.63) is 66.2 Å². The summed E-state index contributed by atoms with van der Waals surface area (Å²) in [6.07, 6.45) is 3.38. The minimum atomic E-state index is -0.219. The van der Waals surface area contributed by atoms with Crippen molar-refractivity contribution in [1.82, 2.24) is 0 Å². The van der Waals surface area contributed by atoms with E-state index in [4.69, 9.17) is 4.74 Å². The molecule has 2 bridgehead atoms. The summed E-state index contributed by atoms with van der Waals surface area (Å²) in [6, 6.07) is 20.0. The first kappa shape index (κ1) is 19.0. The van der Waals surface area contributed by atoms with Gasteiger partial charge in [0.25, 0.3) is 0 Å². The first-order valence-electron chi connectivity index (χ1n) is 10.6. The predicted octanol–water partition coefficient (Wildman–Crippen LogP) is 4.85. The Hall–Kier alpha value is -2.33. The van der Waals surface area contributed by atoms with Crippen LogP contribution < -0.4 is 4.90 Å². The molecule has 0 spiro atoms. The molecule has 4 heteroatoms. The molecule has 5 rings (SSSR count). The van der Waals surface area contributed by atoms with Crippen LogP contribution in [0, 0.1) is 5.92 Å². The second kappa shape index (κ2) is 8.36. The predicted molar refractivity (Wildman–Crippen MR) is 112 cm³/mol. The topological polar surface area (TPSA) is 29.5 Å². The summed E-state index contributed by atoms with van der Waals surface area (Å²) in [4.78, 5) is 15.0. The van der Waals surface area contributed by atoms with Crippen LogP contribution >= 0.6 is 0 Å². The van der Waals surface area contributed by atoms with E-state index in [9.17, 15) is 4.79 Å². The number of piperidine rings is 3. The van der Waals surface area contributed by atoms with Crippen LogP contribution in [-0.4, -0.2) is 42.9 Å². The summed E-state index contributed by atoms with van der Waals surface area (Å²) >= 11 is 0. The number of rotatable bonds is 6. The van der Waals surface area contributed by atoms with Crippen LogP contribution in [0.25, 0.3) is 0 Å². The zero-order chi connectivity index (χ0) is 19.4. The molecule has 2 aromatic rings. The van der Waals surface area contributed by atoms with Crippen LogP contribution in [0.1, 0.15) is 31.7 Å². The van der Waals surface area contributed by atoms with Gasteiger partial charge in [-0.2, -0.15) is 0 Å². The van der Waals surface area contributed by atoms with E-state index in [0.717, 1.165) is 22.3 Å². The van der Waals surface area contributed by atoms with Gasteiger partial charge in [0.2, 0.25) is 0 Å². The lowest BCUT2D eigenvalue weighted by molar-refractivity contribution is -0.946. The molecule has 3 heterocycles. The Balaban J connectivity index is 1.51. The smallest absolute Gasteiger partial charge is 0.415 e. The summed E-state index contributed by atoms with van der Waals surface area (Å²) in [6.45, 7) is 7.46. The van der Waals surface area contributed by atoms with Gasteiger partial charge >= 0.3 is 6.09 Å². The molecule has 3 saturated heterocycles. The maximum atomic E-state index is 13.3. The number of anilines is 1. The third-order valence-electron chi connectivity index (χ3n) is 6.46. The molecule has 3 aliphatic rings. The molecule has 0 unspecified atom stereocenters. The number of carbonyl (C=O) groups is 1. The van der Waals surface area contributed by atoms with Crippen LogP contribution in [0.15, 0.2) is 60.7 Å². The maximum Gasteiger partial charge on any atom is 0.415 e. The van der Waals surface area contributed by atoms with Gasteiger partial charge in [0.05, 0.1) is 26.2 Å². The first-order chi connectivity index (χ1) is 13.7. The molecule has 0 aromatic heterocycles. The van der Waals surface area contributed by atoms with E-state index in [1.807, 2.05) is 48.5 Å². The summed E-state index contributed by atoms with van der Waals surface area (Å²) in [5.41, 5.74) is 1.99. The molecule has 4 nitrogen and oxygen atoms in total. The number of para-hydroxylation sites is 1. The SMILES string of the molecule is CCC[N+]12CCC(CC1)[C@@H](OC(=O)N(Cc1ccccc1)c1ccccc1)C2. The van der Waals surface area contributed by atoms with Crippen LogP contribution in [0.3, 0.4) is 0 Å². The van der Waals surface area contributed by atoms with Gasteiger partial charge in [0.15, 0.2) is 6.10 Å². The highest BCUT2D eigenvalue weighted by molar-refractivity contribution is 5.87. The number of benzene rings is 2. The van der Waals surface area contributed by atoms with Gasteiger partial charge in [-0.3, -0.25) is 4.90 Å². The van der Waals surface area contributed by atoms with Crippen molar-refractivity contribution in [2.24, 2.45) is 5.92 Å². The van der Waals surface area contributed by atoms with Gasteiger partial charge in [0.1, 0.15) is 6.54 Å². The molecule has 1 amide bonds. The highest BCUT2D eigenvalue weighted by Crippen LogP contribution is 2.36. The molecule has 2 aromatic carbocycles. The monoisotopic (exact) mass is 379 g/mol. The normalized spacial score (nSPS) is 26.0. The maximum absolute atomic E-state index is 13.3. The molecule has 3 aliphatic heterocycles. The Morgan fingerprint density at radius 2 is 1.68 bits per heavy atom. The Kier molecular flexibility index (Phi) is 5.67. The summed E-state index contributed by atoms with van der Waals surface area (Å²) in [5.74, 6) is 0.523. The number of amides is 1. The van der Waals surface area contributed by atoms with E-state index in [1.54, 1.807) is 4.90 Å². The Morgan fingerprint density at radius 3 is 2.32 bits per heavy atom. The van der Waals surface area contributed by atoms with Gasteiger partial charge in [-0.15, -0.1) is 0 Å². The number of hydrogen-bond donors (Lipinski definition) is 0. The van der Waals surface area contributed by atoms with Crippen molar-refractivity contribution in [3.8, 4) is 0 Å². The molecular weight excluding hydrogens is 348 g/mol. The van der Waals surface area contributed by atoms with Crippen LogP contribution in [0.5, 0.6) is 0 Å². The average molecular weight is 380 g/mol. The molecule has 28 heavy (non-hydrogen) atoms. The standard InChI is InChI=1S/C24H31N2O2/c1-2-15-26-16-13-21(14-17-26)23(19-26)28-24(27)25(22-11-7-4-8-12-22)18-20-9-5-3-6-10-20/h3-12,21,23H,2,13-19H2,1H3/q+1/t21?,23-,26?/m0/s1. The number of ether oxygens (including phenoxy) is 1. The first-order valence-corrected chi connectivity index (χ1v) is 10.6. The van der Waals surface area contributed by atoms with E-state index in [0.29, 0.717) is 12.5 Å². The zero-order valence-corrected chi connectivity index (χ0v) is 16.8. The molecule has 0 aliphatic carbocycles. The van der Waals surface area contributed by atoms with Crippen molar-refractivity contribution >= 4 is 11.8 Å². The second-order valence-corrected chi connectivity index (χ2v) is 8.36. The van der Waals surface area contributed by atoms with Gasteiger partial charge < -0.3 is 9.22 Å². The van der Waals surface area contributed by atoms with Crippen LogP contribution in [0.2, 0.25) is 0 Å². The fourth-order valence-corrected chi connectivity index (χ4v) is 4.97. The fourth-order valence-electron chi connectivity index (χ4n) is 4.97. The average Bonchev–Trinajstić information content (AvgIpc) is 2.74. The molecule has 1 atom stereocenters. The van der Waals surface area contributed by atoms with E-state index < -0.39 is 0 Å². The third-order valence-corrected chi connectivity index (χ3v) is 6.46. The molecule has 3 fully saturated rings. The lowest BCUT2D eigenvalue weighted by Gasteiger charge is -2.52. The fraction of sp³-hybridized carbons (Fsp3) is 0.458. The highest BCUT2D eigenvalue weighted by atomic mass is 16.6. The molecule has 0 saturated carbocycles. The third kappa shape index (κ3) is 4.07. The number of quaternary nitrogens is 1. The quantitative estimate of drug-likeness (QED) is 0.672. The van der Waals surface area contributed by atoms with E-state index >= 15 is 0 Å². The van der Waals surface area contributed by atoms with Gasteiger partial charge in [-0.25, -0.2) is 4.79 Å². The van der Waals surface area contributed by atoms with E-state index in [-0.39, 0.29) is 12.2 Å². The number of fused-ring (bicyclic) bond motifs is 3. The van der Waals surface area contributed by atoms with Gasteiger partial charge in [-0.1, -0.05) is 55.5 Å². The van der Waals surface area contributed by atoms with E-state index in [1.165, 1.54) is 38.9 Å². The Labute approximate surface area is 168 Å². The largest absolute Gasteiger partial charge is 0.440 e. The minimum absolute atomic E-state index is 0.0449. The lowest BCUT2D eigenvalue weighted by Crippen LogP contribution is -2.64. The number of hydrogen-bond acceptors (Lipinski definition) is 2. The van der Waals surface area contributed by atoms with Crippen molar-refractivity contribution in [1.29, 1.82) is 0 Å². The Morgan fingerprint density at radius 1 is 1.04 bits per heavy atom. The zero-order valence-electron chi connectivity index (χ0n) is 16.8. The van der Waals surface area contributed by atoms with Gasteiger partial charge in [0, 0.05) is 24.4 Å². The van der Waals surface area contributed by atoms with Crippen LogP contribution in [-0.2, 0) is 11.3 Å². The van der Waals surface area contributed by atoms with Crippen LogP contribution in [0.4, 0.5) is 10.5 Å². The Bertz CT molecular complexity index is 764. The highest BCUT2D eigenvalue weighted by Gasteiger charge is 2.47. The van der Waals surface area contributed by atoms with Crippen molar-refractivity contribution in [2.45, 2.75) is 38.8 Å². The minimum Gasteiger partial charge on any atom is -0.440 e. The number of nitrogens with zero attached hydrogens (tertiary/aromatic N) is 2. The summed E-state index contributed by atoms with van der Waals surface area (Å²) < 4.78 is 7.29. The van der Waals surface area contributed by atoms with Crippen molar-refractivity contribution in [3.63, 3.8) is 0 Å². The molecule has 0 radical (unpaired) electrons. The summed E-state index contributed by atoms with van der Waals surface area (Å²) in [7, 11) is 0. The lowest BCUT2D eigenvalue weighted by atomic mass is 9.83. The molecule has 0 N–H and O–H groups in total. The van der Waals surface area contributed by atoms with E-state index in [2.05, 4.69) is 19.1 Å². The van der Waals surface area contributed by atoms with Gasteiger partial charge in [-0.05, 0) is 24.1 Å².